The van der Waals surface area contributed by atoms with Crippen molar-refractivity contribution in [3.05, 3.63) is 39.9 Å². The molecule has 0 bridgehead atoms. The average Bonchev–Trinajstić information content (AvgIpc) is 2.05. The maximum absolute atomic E-state index is 10.3. The monoisotopic (exact) mass is 162 g/mol. The Kier molecular flexibility index (Phi) is 2.35. The Morgan fingerprint density at radius 3 is 2.92 bits per heavy atom. The molecule has 1 aromatic carbocycles. The summed E-state index contributed by atoms with van der Waals surface area (Å²) in [5.41, 5.74) is 0.637. The second-order valence-corrected chi connectivity index (χ2v) is 2.14. The zero-order chi connectivity index (χ0) is 8.97. The summed E-state index contributed by atoms with van der Waals surface area (Å²) in [5, 5.41) is 16.9. The van der Waals surface area contributed by atoms with Gasteiger partial charge in [0, 0.05) is 18.2 Å². The number of hydrogen-bond donors (Lipinski definition) is 1. The molecule has 0 aliphatic carbocycles. The van der Waals surface area contributed by atoms with Crippen LogP contribution in [0.2, 0.25) is 0 Å². The van der Waals surface area contributed by atoms with Crippen molar-refractivity contribution in [2.75, 3.05) is 0 Å². The lowest BCUT2D eigenvalue weighted by atomic mass is 10.2. The van der Waals surface area contributed by atoms with Gasteiger partial charge in [-0.25, -0.2) is 0 Å². The van der Waals surface area contributed by atoms with Crippen LogP contribution in [0.3, 0.4) is 0 Å². The van der Waals surface area contributed by atoms with Crippen molar-refractivity contribution in [3.8, 4) is 0 Å². The fraction of sp³-hybridized carbons (Fsp3) is 0. The van der Waals surface area contributed by atoms with Crippen LogP contribution >= 0.6 is 0 Å². The van der Waals surface area contributed by atoms with Gasteiger partial charge in [-0.15, -0.1) is 0 Å². The highest BCUT2D eigenvalue weighted by molar-refractivity contribution is 5.76. The molecule has 60 valence electrons. The minimum Gasteiger partial charge on any atom is -0.259 e. The Hall–Kier alpha value is -1.93. The van der Waals surface area contributed by atoms with Crippen LogP contribution in [0.15, 0.2) is 24.3 Å². The third-order valence-electron chi connectivity index (χ3n) is 1.32. The molecule has 12 heavy (non-hydrogen) atoms. The molecule has 4 nitrogen and oxygen atoms in total. The van der Waals surface area contributed by atoms with Gasteiger partial charge in [0.15, 0.2) is 0 Å². The van der Waals surface area contributed by atoms with E-state index in [-0.39, 0.29) is 5.69 Å². The summed E-state index contributed by atoms with van der Waals surface area (Å²) in [4.78, 5) is 9.81. The molecule has 0 atom stereocenters. The number of nitro benzene ring substituents is 1. The summed E-state index contributed by atoms with van der Waals surface area (Å²) >= 11 is 0. The van der Waals surface area contributed by atoms with E-state index in [0.717, 1.165) is 0 Å². The minimum absolute atomic E-state index is 0.0269. The number of benzene rings is 1. The van der Waals surface area contributed by atoms with Gasteiger partial charge in [-0.3, -0.25) is 15.5 Å². The van der Waals surface area contributed by atoms with Crippen molar-refractivity contribution in [2.45, 2.75) is 0 Å². The van der Waals surface area contributed by atoms with Gasteiger partial charge < -0.3 is 0 Å². The molecule has 0 spiro atoms. The van der Waals surface area contributed by atoms with E-state index in [1.165, 1.54) is 18.2 Å². The van der Waals surface area contributed by atoms with Gasteiger partial charge in [-0.1, -0.05) is 12.1 Å². The van der Waals surface area contributed by atoms with Crippen LogP contribution in [0.4, 0.5) is 5.69 Å². The Balaban J connectivity index is 3.11. The second kappa shape index (κ2) is 3.46. The number of hydrogen-bond acceptors (Lipinski definition) is 3. The molecule has 0 radical (unpaired) electrons. The summed E-state index contributed by atoms with van der Waals surface area (Å²) in [6.45, 7) is 0. The summed E-state index contributed by atoms with van der Waals surface area (Å²) in [6, 6.07) is 6.04. The lowest BCUT2D eigenvalue weighted by Crippen LogP contribution is -1.87. The number of nitrogens with one attached hydrogen (secondary N) is 1. The quantitative estimate of drug-likeness (QED) is 0.409. The van der Waals surface area contributed by atoms with E-state index in [1.54, 1.807) is 12.1 Å². The van der Waals surface area contributed by atoms with Gasteiger partial charge in [-0.05, 0) is 11.4 Å². The molecule has 0 heterocycles. The second-order valence-electron chi connectivity index (χ2n) is 2.14. The first-order chi connectivity index (χ1) is 5.74. The van der Waals surface area contributed by atoms with E-state index in [2.05, 4.69) is 5.87 Å². The van der Waals surface area contributed by atoms with E-state index in [4.69, 9.17) is 5.41 Å². The minimum atomic E-state index is -0.471. The van der Waals surface area contributed by atoms with Gasteiger partial charge in [0.05, 0.1) is 4.92 Å². The van der Waals surface area contributed by atoms with Crippen molar-refractivity contribution >= 4 is 17.6 Å². The molecular weight excluding hydrogens is 156 g/mol. The number of nitro groups is 1. The molecule has 1 N–H and O–H groups in total. The molecule has 0 unspecified atom stereocenters. The van der Waals surface area contributed by atoms with Crippen LogP contribution in [0.5, 0.6) is 0 Å². The van der Waals surface area contributed by atoms with E-state index >= 15 is 0 Å². The molecule has 0 amide bonds. The molecule has 1 rings (SSSR count). The van der Waals surface area contributed by atoms with Crippen molar-refractivity contribution < 1.29 is 4.92 Å². The van der Waals surface area contributed by atoms with Crippen LogP contribution < -0.4 is 0 Å². The fourth-order valence-corrected chi connectivity index (χ4v) is 0.811. The first-order valence-corrected chi connectivity index (χ1v) is 3.24. The zero-order valence-corrected chi connectivity index (χ0v) is 6.15. The molecule has 0 aliphatic heterocycles. The number of nitrogens with zero attached hydrogens (tertiary/aromatic N) is 1. The summed E-state index contributed by atoms with van der Waals surface area (Å²) < 4.78 is 0. The Bertz CT molecular complexity index is 337. The van der Waals surface area contributed by atoms with E-state index in [0.29, 0.717) is 5.56 Å². The van der Waals surface area contributed by atoms with Crippen LogP contribution in [0, 0.1) is 15.5 Å². The third kappa shape index (κ3) is 1.78. The summed E-state index contributed by atoms with van der Waals surface area (Å²) in [7, 11) is 0. The number of rotatable bonds is 2. The largest absolute Gasteiger partial charge is 0.270 e. The van der Waals surface area contributed by atoms with Crippen LogP contribution in [-0.2, 0) is 0 Å². The maximum Gasteiger partial charge on any atom is 0.270 e. The van der Waals surface area contributed by atoms with Crippen LogP contribution in [0.25, 0.3) is 6.08 Å². The van der Waals surface area contributed by atoms with Gasteiger partial charge >= 0.3 is 0 Å². The maximum atomic E-state index is 10.3. The van der Waals surface area contributed by atoms with Crippen molar-refractivity contribution in [1.29, 1.82) is 5.41 Å². The molecule has 0 aromatic heterocycles. The lowest BCUT2D eigenvalue weighted by Gasteiger charge is -1.91. The predicted molar refractivity (Wildman–Crippen MR) is 45.3 cm³/mol. The Morgan fingerprint density at radius 1 is 1.58 bits per heavy atom. The zero-order valence-electron chi connectivity index (χ0n) is 6.15. The molecule has 0 aliphatic rings. The highest BCUT2D eigenvalue weighted by Crippen LogP contribution is 2.12. The first-order valence-electron chi connectivity index (χ1n) is 3.24. The molecular formula is C8H6N2O2. The standard InChI is InChI=1S/C8H6N2O2/c9-5-4-7-2-1-3-8(6-7)10(11)12/h1-4,6,9H. The molecule has 0 saturated heterocycles. The molecule has 0 fully saturated rings. The topological polar surface area (TPSA) is 67.0 Å². The lowest BCUT2D eigenvalue weighted by molar-refractivity contribution is -0.384. The smallest absolute Gasteiger partial charge is 0.259 e. The molecule has 0 saturated carbocycles. The van der Waals surface area contributed by atoms with Gasteiger partial charge in [-0.2, -0.15) is 0 Å². The van der Waals surface area contributed by atoms with Crippen LogP contribution in [0.1, 0.15) is 5.56 Å². The van der Waals surface area contributed by atoms with Crippen molar-refractivity contribution in [2.24, 2.45) is 0 Å². The highest BCUT2D eigenvalue weighted by atomic mass is 16.6. The van der Waals surface area contributed by atoms with E-state index < -0.39 is 4.92 Å². The van der Waals surface area contributed by atoms with Crippen molar-refractivity contribution in [1.82, 2.24) is 0 Å². The average molecular weight is 162 g/mol. The SMILES string of the molecule is N=C=Cc1cccc([N+](=O)[O-])c1. The van der Waals surface area contributed by atoms with Gasteiger partial charge in [0.1, 0.15) is 0 Å². The Labute approximate surface area is 68.8 Å². The Morgan fingerprint density at radius 2 is 2.33 bits per heavy atom. The van der Waals surface area contributed by atoms with Gasteiger partial charge in [0.25, 0.3) is 5.69 Å². The first kappa shape index (κ1) is 8.17. The highest BCUT2D eigenvalue weighted by Gasteiger charge is 2.02. The third-order valence-corrected chi connectivity index (χ3v) is 1.32. The van der Waals surface area contributed by atoms with Crippen LogP contribution in [-0.4, -0.2) is 10.8 Å². The van der Waals surface area contributed by atoms with E-state index in [1.807, 2.05) is 0 Å². The van der Waals surface area contributed by atoms with Crippen molar-refractivity contribution in [3.63, 3.8) is 0 Å². The van der Waals surface area contributed by atoms with E-state index in [9.17, 15) is 10.1 Å². The summed E-state index contributed by atoms with van der Waals surface area (Å²) in [5.74, 6) is 2.05. The molecule has 1 aromatic rings. The normalized spacial score (nSPS) is 8.67. The molecule has 4 heteroatoms. The summed E-state index contributed by atoms with van der Waals surface area (Å²) in [6.07, 6.45) is 1.37. The predicted octanol–water partition coefficient (Wildman–Crippen LogP) is 1.86. The number of non-ortho nitro benzene ring substituents is 1. The fourth-order valence-electron chi connectivity index (χ4n) is 0.811. The van der Waals surface area contributed by atoms with Gasteiger partial charge in [0.2, 0.25) is 0 Å².